The SMILES string of the molecule is CC1(CCC(=O)N(CC2CCN(C3CCCC3)CC2)C[C@H]2CCCO2)CC1. The molecule has 4 fully saturated rings. The normalized spacial score (nSPS) is 29.3. The quantitative estimate of drug-likeness (QED) is 0.635. The Morgan fingerprint density at radius 2 is 1.78 bits per heavy atom. The Morgan fingerprint density at radius 3 is 2.41 bits per heavy atom. The predicted octanol–water partition coefficient (Wildman–Crippen LogP) is 4.23. The van der Waals surface area contributed by atoms with E-state index in [9.17, 15) is 4.79 Å². The number of rotatable bonds is 8. The van der Waals surface area contributed by atoms with Crippen LogP contribution in [0.25, 0.3) is 0 Å². The zero-order chi connectivity index (χ0) is 18.7. The average molecular weight is 377 g/mol. The second-order valence-electron chi connectivity index (χ2n) is 10.2. The highest BCUT2D eigenvalue weighted by Crippen LogP contribution is 2.49. The minimum absolute atomic E-state index is 0.282. The Balaban J connectivity index is 1.27. The third kappa shape index (κ3) is 5.47. The van der Waals surface area contributed by atoms with Gasteiger partial charge in [0.1, 0.15) is 0 Å². The molecule has 2 saturated heterocycles. The summed E-state index contributed by atoms with van der Waals surface area (Å²) < 4.78 is 5.86. The van der Waals surface area contributed by atoms with Crippen LogP contribution in [0.5, 0.6) is 0 Å². The lowest BCUT2D eigenvalue weighted by atomic mass is 9.94. The van der Waals surface area contributed by atoms with Gasteiger partial charge in [-0.1, -0.05) is 19.8 Å². The molecule has 0 N–H and O–H groups in total. The van der Waals surface area contributed by atoms with Gasteiger partial charge in [0.05, 0.1) is 6.10 Å². The summed E-state index contributed by atoms with van der Waals surface area (Å²) in [5, 5.41) is 0. The Morgan fingerprint density at radius 1 is 1.04 bits per heavy atom. The molecule has 0 radical (unpaired) electrons. The highest BCUT2D eigenvalue weighted by atomic mass is 16.5. The van der Waals surface area contributed by atoms with E-state index in [-0.39, 0.29) is 6.10 Å². The number of piperidine rings is 1. The van der Waals surface area contributed by atoms with Crippen molar-refractivity contribution in [3.8, 4) is 0 Å². The summed E-state index contributed by atoms with van der Waals surface area (Å²) in [6, 6.07) is 0.856. The number of hydrogen-bond acceptors (Lipinski definition) is 3. The summed E-state index contributed by atoms with van der Waals surface area (Å²) in [4.78, 5) is 17.9. The molecule has 2 aliphatic carbocycles. The Labute approximate surface area is 166 Å². The van der Waals surface area contributed by atoms with Crippen LogP contribution in [-0.4, -0.2) is 60.6 Å². The maximum absolute atomic E-state index is 13.0. The van der Waals surface area contributed by atoms with Gasteiger partial charge in [-0.3, -0.25) is 4.79 Å². The maximum atomic E-state index is 13.0. The molecule has 4 aliphatic rings. The van der Waals surface area contributed by atoms with E-state index in [1.54, 1.807) is 0 Å². The van der Waals surface area contributed by atoms with E-state index in [0.29, 0.717) is 17.2 Å². The Bertz CT molecular complexity index is 485. The average Bonchev–Trinajstić information content (AvgIpc) is 3.12. The molecule has 154 valence electrons. The van der Waals surface area contributed by atoms with Crippen LogP contribution in [-0.2, 0) is 9.53 Å². The van der Waals surface area contributed by atoms with Crippen LogP contribution in [0.4, 0.5) is 0 Å². The monoisotopic (exact) mass is 376 g/mol. The first-order valence-electron chi connectivity index (χ1n) is 11.7. The lowest BCUT2D eigenvalue weighted by Crippen LogP contribution is -2.45. The van der Waals surface area contributed by atoms with Crippen molar-refractivity contribution in [1.82, 2.24) is 9.80 Å². The molecule has 1 amide bonds. The van der Waals surface area contributed by atoms with E-state index in [1.807, 2.05) is 0 Å². The standard InChI is InChI=1S/C23H40N2O2/c1-23(12-13-23)11-8-22(26)25(18-21-7-4-16-27-21)17-19-9-14-24(15-10-19)20-5-2-3-6-20/h19-21H,2-18H2,1H3/t21-/m1/s1. The Kier molecular flexibility index (Phi) is 6.43. The minimum Gasteiger partial charge on any atom is -0.376 e. The van der Waals surface area contributed by atoms with Crippen molar-refractivity contribution < 1.29 is 9.53 Å². The van der Waals surface area contributed by atoms with E-state index >= 15 is 0 Å². The number of hydrogen-bond donors (Lipinski definition) is 0. The lowest BCUT2D eigenvalue weighted by Gasteiger charge is -2.38. The van der Waals surface area contributed by atoms with E-state index in [4.69, 9.17) is 4.74 Å². The number of nitrogens with zero attached hydrogens (tertiary/aromatic N) is 2. The third-order valence-corrected chi connectivity index (χ3v) is 7.82. The molecule has 0 aromatic heterocycles. The van der Waals surface area contributed by atoms with E-state index in [2.05, 4.69) is 16.7 Å². The van der Waals surface area contributed by atoms with Gasteiger partial charge in [0.25, 0.3) is 0 Å². The van der Waals surface area contributed by atoms with Crippen LogP contribution >= 0.6 is 0 Å². The molecule has 0 aromatic rings. The zero-order valence-electron chi connectivity index (χ0n) is 17.5. The van der Waals surface area contributed by atoms with Crippen molar-refractivity contribution in [3.05, 3.63) is 0 Å². The van der Waals surface area contributed by atoms with Gasteiger partial charge in [0.15, 0.2) is 0 Å². The fourth-order valence-corrected chi connectivity index (χ4v) is 5.42. The molecule has 0 bridgehead atoms. The topological polar surface area (TPSA) is 32.8 Å². The molecule has 0 unspecified atom stereocenters. The van der Waals surface area contributed by atoms with Crippen molar-refractivity contribution in [2.45, 2.75) is 96.1 Å². The molecular formula is C23H40N2O2. The number of carbonyl (C=O) groups is 1. The summed E-state index contributed by atoms with van der Waals surface area (Å²) >= 11 is 0. The summed E-state index contributed by atoms with van der Waals surface area (Å²) in [6.45, 7) is 7.50. The largest absolute Gasteiger partial charge is 0.376 e. The van der Waals surface area contributed by atoms with E-state index < -0.39 is 0 Å². The van der Waals surface area contributed by atoms with Crippen molar-refractivity contribution in [1.29, 1.82) is 0 Å². The van der Waals surface area contributed by atoms with Gasteiger partial charge in [0, 0.05) is 32.2 Å². The summed E-state index contributed by atoms with van der Waals surface area (Å²) in [6.07, 6.45) is 15.2. The molecule has 0 aromatic carbocycles. The first-order valence-corrected chi connectivity index (χ1v) is 11.7. The minimum atomic E-state index is 0.282. The highest BCUT2D eigenvalue weighted by Gasteiger charge is 2.38. The second-order valence-corrected chi connectivity index (χ2v) is 10.2. The van der Waals surface area contributed by atoms with Crippen molar-refractivity contribution in [3.63, 3.8) is 0 Å². The molecule has 2 saturated carbocycles. The lowest BCUT2D eigenvalue weighted by molar-refractivity contribution is -0.134. The van der Waals surface area contributed by atoms with Gasteiger partial charge in [-0.2, -0.15) is 0 Å². The first-order chi connectivity index (χ1) is 13.1. The molecule has 4 nitrogen and oxygen atoms in total. The van der Waals surface area contributed by atoms with Gasteiger partial charge in [-0.05, 0) is 82.2 Å². The van der Waals surface area contributed by atoms with Crippen LogP contribution < -0.4 is 0 Å². The number of ether oxygens (including phenoxy) is 1. The smallest absolute Gasteiger partial charge is 0.222 e. The molecule has 0 spiro atoms. The van der Waals surface area contributed by atoms with Gasteiger partial charge in [-0.15, -0.1) is 0 Å². The predicted molar refractivity (Wildman–Crippen MR) is 109 cm³/mol. The van der Waals surface area contributed by atoms with Crippen molar-refractivity contribution in [2.75, 3.05) is 32.8 Å². The zero-order valence-corrected chi connectivity index (χ0v) is 17.5. The van der Waals surface area contributed by atoms with Crippen molar-refractivity contribution >= 4 is 5.91 Å². The van der Waals surface area contributed by atoms with Crippen LogP contribution in [0.1, 0.15) is 84.0 Å². The van der Waals surface area contributed by atoms with E-state index in [0.717, 1.165) is 51.4 Å². The van der Waals surface area contributed by atoms with Crippen LogP contribution in [0.15, 0.2) is 0 Å². The fraction of sp³-hybridized carbons (Fsp3) is 0.957. The number of likely N-dealkylation sites (tertiary alicyclic amines) is 1. The van der Waals surface area contributed by atoms with Gasteiger partial charge in [-0.25, -0.2) is 0 Å². The van der Waals surface area contributed by atoms with Gasteiger partial charge < -0.3 is 14.5 Å². The molecule has 27 heavy (non-hydrogen) atoms. The highest BCUT2D eigenvalue weighted by molar-refractivity contribution is 5.76. The van der Waals surface area contributed by atoms with Gasteiger partial charge in [0.2, 0.25) is 5.91 Å². The molecule has 1 atom stereocenters. The third-order valence-electron chi connectivity index (χ3n) is 7.82. The second kappa shape index (κ2) is 8.82. The number of carbonyl (C=O) groups excluding carboxylic acids is 1. The summed E-state index contributed by atoms with van der Waals surface area (Å²) in [5.41, 5.74) is 0.470. The Hall–Kier alpha value is -0.610. The van der Waals surface area contributed by atoms with Crippen LogP contribution in [0.2, 0.25) is 0 Å². The summed E-state index contributed by atoms with van der Waals surface area (Å²) in [5.74, 6) is 1.07. The van der Waals surface area contributed by atoms with Gasteiger partial charge >= 0.3 is 0 Å². The number of amides is 1. The maximum Gasteiger partial charge on any atom is 0.222 e. The van der Waals surface area contributed by atoms with Crippen LogP contribution in [0.3, 0.4) is 0 Å². The van der Waals surface area contributed by atoms with E-state index in [1.165, 1.54) is 64.5 Å². The molecule has 4 heteroatoms. The molecular weight excluding hydrogens is 336 g/mol. The molecule has 2 heterocycles. The summed E-state index contributed by atoms with van der Waals surface area (Å²) in [7, 11) is 0. The van der Waals surface area contributed by atoms with Crippen molar-refractivity contribution in [2.24, 2.45) is 11.3 Å². The van der Waals surface area contributed by atoms with Crippen LogP contribution in [0, 0.1) is 11.3 Å². The fourth-order valence-electron chi connectivity index (χ4n) is 5.42. The molecule has 2 aliphatic heterocycles. The first kappa shape index (κ1) is 19.7. The molecule has 4 rings (SSSR count).